The van der Waals surface area contributed by atoms with Crippen LogP contribution in [0.15, 0.2) is 51.2 Å². The first-order valence-corrected chi connectivity index (χ1v) is 7.26. The second-order valence-electron chi connectivity index (χ2n) is 4.15. The van der Waals surface area contributed by atoms with Crippen LogP contribution < -0.4 is 5.59 Å². The van der Waals surface area contributed by atoms with Gasteiger partial charge in [0.15, 0.2) is 5.69 Å². The molecular formula is C14H6BClN4OS. The van der Waals surface area contributed by atoms with Crippen LogP contribution in [0, 0.1) is 11.3 Å². The second-order valence-corrected chi connectivity index (χ2v) is 5.59. The van der Waals surface area contributed by atoms with Crippen molar-refractivity contribution < 1.29 is 4.42 Å². The standard InChI is InChI=1S/C14H6BClN4OS/c15-11-5-19-12(6-18-11)22-10-3-1-2-9(13(10)16)14-20-8(4-17)7-21-14/h1-3,5-7H. The summed E-state index contributed by atoms with van der Waals surface area (Å²) in [4.78, 5) is 13.0. The van der Waals surface area contributed by atoms with Crippen LogP contribution in [-0.2, 0) is 0 Å². The van der Waals surface area contributed by atoms with Gasteiger partial charge in [-0.15, -0.1) is 0 Å². The molecule has 0 saturated carbocycles. The molecule has 2 radical (unpaired) electrons. The summed E-state index contributed by atoms with van der Waals surface area (Å²) in [5.41, 5.74) is 1.16. The smallest absolute Gasteiger partial charge is 0.228 e. The largest absolute Gasteiger partial charge is 0.443 e. The normalized spacial score (nSPS) is 10.4. The van der Waals surface area contributed by atoms with E-state index in [2.05, 4.69) is 15.0 Å². The van der Waals surface area contributed by atoms with Crippen molar-refractivity contribution in [3.05, 3.63) is 47.6 Å². The predicted octanol–water partition coefficient (Wildman–Crippen LogP) is 2.60. The minimum absolute atomic E-state index is 0.202. The van der Waals surface area contributed by atoms with Gasteiger partial charge in [0.05, 0.1) is 16.8 Å². The van der Waals surface area contributed by atoms with Crippen molar-refractivity contribution in [1.29, 1.82) is 5.26 Å². The van der Waals surface area contributed by atoms with Crippen LogP contribution in [0.3, 0.4) is 0 Å². The van der Waals surface area contributed by atoms with E-state index in [9.17, 15) is 0 Å². The summed E-state index contributed by atoms with van der Waals surface area (Å²) >= 11 is 7.75. The molecule has 3 rings (SSSR count). The number of rotatable bonds is 3. The van der Waals surface area contributed by atoms with E-state index in [0.717, 1.165) is 4.90 Å². The zero-order valence-corrected chi connectivity index (χ0v) is 12.6. The maximum absolute atomic E-state index is 8.80. The zero-order valence-electron chi connectivity index (χ0n) is 11.0. The van der Waals surface area contributed by atoms with Crippen molar-refractivity contribution in [2.24, 2.45) is 0 Å². The van der Waals surface area contributed by atoms with Crippen molar-refractivity contribution in [2.45, 2.75) is 9.92 Å². The summed E-state index contributed by atoms with van der Waals surface area (Å²) in [5, 5.41) is 9.94. The van der Waals surface area contributed by atoms with Crippen molar-refractivity contribution in [2.75, 3.05) is 0 Å². The first-order chi connectivity index (χ1) is 10.7. The average Bonchev–Trinajstić information content (AvgIpc) is 3.00. The van der Waals surface area contributed by atoms with E-state index >= 15 is 0 Å². The minimum Gasteiger partial charge on any atom is -0.443 e. The van der Waals surface area contributed by atoms with E-state index in [1.165, 1.54) is 24.2 Å². The molecule has 0 N–H and O–H groups in total. The Morgan fingerprint density at radius 3 is 2.82 bits per heavy atom. The third kappa shape index (κ3) is 2.98. The van der Waals surface area contributed by atoms with Gasteiger partial charge in [-0.3, -0.25) is 4.98 Å². The van der Waals surface area contributed by atoms with E-state index in [0.29, 0.717) is 27.1 Å². The molecule has 22 heavy (non-hydrogen) atoms. The molecule has 0 atom stereocenters. The number of aromatic nitrogens is 3. The molecule has 0 saturated heterocycles. The molecule has 0 spiro atoms. The summed E-state index contributed by atoms with van der Waals surface area (Å²) in [6.07, 6.45) is 4.34. The van der Waals surface area contributed by atoms with Crippen molar-refractivity contribution in [3.63, 3.8) is 0 Å². The fourth-order valence-electron chi connectivity index (χ4n) is 1.70. The van der Waals surface area contributed by atoms with Crippen LogP contribution >= 0.6 is 23.4 Å². The molecule has 8 heteroatoms. The lowest BCUT2D eigenvalue weighted by Crippen LogP contribution is -2.07. The van der Waals surface area contributed by atoms with Crippen molar-refractivity contribution in [3.8, 4) is 17.5 Å². The van der Waals surface area contributed by atoms with E-state index in [-0.39, 0.29) is 5.69 Å². The first-order valence-electron chi connectivity index (χ1n) is 6.07. The van der Waals surface area contributed by atoms with Gasteiger partial charge in [-0.05, 0) is 12.1 Å². The highest BCUT2D eigenvalue weighted by atomic mass is 35.5. The Kier molecular flexibility index (Phi) is 4.14. The fraction of sp³-hybridized carbons (Fsp3) is 0. The van der Waals surface area contributed by atoms with Crippen LogP contribution in [0.4, 0.5) is 0 Å². The van der Waals surface area contributed by atoms with Gasteiger partial charge in [-0.1, -0.05) is 29.4 Å². The number of halogens is 1. The highest BCUT2D eigenvalue weighted by Gasteiger charge is 2.14. The van der Waals surface area contributed by atoms with E-state index in [1.807, 2.05) is 18.2 Å². The van der Waals surface area contributed by atoms with Gasteiger partial charge < -0.3 is 4.42 Å². The Labute approximate surface area is 136 Å². The highest BCUT2D eigenvalue weighted by molar-refractivity contribution is 7.99. The number of nitriles is 1. The Balaban J connectivity index is 1.95. The van der Waals surface area contributed by atoms with Gasteiger partial charge in [-0.25, -0.2) is 4.98 Å². The van der Waals surface area contributed by atoms with Crippen molar-refractivity contribution >= 4 is 36.8 Å². The number of oxazole rings is 1. The molecule has 0 amide bonds. The Morgan fingerprint density at radius 1 is 1.27 bits per heavy atom. The van der Waals surface area contributed by atoms with Crippen LogP contribution in [-0.4, -0.2) is 22.8 Å². The minimum atomic E-state index is 0.202. The molecule has 0 aliphatic rings. The quantitative estimate of drug-likeness (QED) is 0.689. The predicted molar refractivity (Wildman–Crippen MR) is 83.2 cm³/mol. The molecule has 3 aromatic rings. The molecule has 0 aliphatic carbocycles. The lowest BCUT2D eigenvalue weighted by Gasteiger charge is -2.06. The number of benzene rings is 1. The van der Waals surface area contributed by atoms with Crippen LogP contribution in [0.2, 0.25) is 5.02 Å². The number of nitrogens with zero attached hydrogens (tertiary/aromatic N) is 4. The first kappa shape index (κ1) is 14.6. The SMILES string of the molecule is [B]c1cnc(Sc2cccc(-c3nc(C#N)co3)c2Cl)cn1. The van der Waals surface area contributed by atoms with Crippen LogP contribution in [0.5, 0.6) is 0 Å². The molecule has 0 unspecified atom stereocenters. The maximum Gasteiger partial charge on any atom is 0.228 e. The molecule has 5 nitrogen and oxygen atoms in total. The molecule has 2 heterocycles. The topological polar surface area (TPSA) is 75.6 Å². The summed E-state index contributed by atoms with van der Waals surface area (Å²) in [6, 6.07) is 7.36. The molecule has 0 fully saturated rings. The van der Waals surface area contributed by atoms with Gasteiger partial charge >= 0.3 is 0 Å². The van der Waals surface area contributed by atoms with Crippen LogP contribution in [0.25, 0.3) is 11.5 Å². The van der Waals surface area contributed by atoms with Gasteiger partial charge in [-0.2, -0.15) is 10.2 Å². The van der Waals surface area contributed by atoms with E-state index in [1.54, 1.807) is 12.3 Å². The van der Waals surface area contributed by atoms with E-state index < -0.39 is 0 Å². The van der Waals surface area contributed by atoms with Crippen molar-refractivity contribution in [1.82, 2.24) is 15.0 Å². The maximum atomic E-state index is 8.80. The van der Waals surface area contributed by atoms with Gasteiger partial charge in [0, 0.05) is 16.7 Å². The van der Waals surface area contributed by atoms with Gasteiger partial charge in [0.2, 0.25) is 5.89 Å². The third-order valence-electron chi connectivity index (χ3n) is 2.68. The lowest BCUT2D eigenvalue weighted by molar-refractivity contribution is 0.574. The van der Waals surface area contributed by atoms with Gasteiger partial charge in [0.1, 0.15) is 25.2 Å². The zero-order chi connectivity index (χ0) is 15.5. The monoisotopic (exact) mass is 324 g/mol. The highest BCUT2D eigenvalue weighted by Crippen LogP contribution is 2.37. The second kappa shape index (κ2) is 6.22. The molecule has 1 aromatic carbocycles. The third-order valence-corrected chi connectivity index (χ3v) is 4.17. The lowest BCUT2D eigenvalue weighted by atomic mass is 10.1. The molecule has 0 bridgehead atoms. The molecular weight excluding hydrogens is 319 g/mol. The Morgan fingerprint density at radius 2 is 2.14 bits per heavy atom. The summed E-state index contributed by atoms with van der Waals surface area (Å²) < 4.78 is 5.27. The molecule has 104 valence electrons. The Hall–Kier alpha value is -2.30. The fourth-order valence-corrected chi connectivity index (χ4v) is 2.80. The molecule has 2 aromatic heterocycles. The average molecular weight is 325 g/mol. The van der Waals surface area contributed by atoms with Gasteiger partial charge in [0.25, 0.3) is 0 Å². The number of hydrogen-bond donors (Lipinski definition) is 0. The summed E-state index contributed by atoms with van der Waals surface area (Å²) in [7, 11) is 5.51. The van der Waals surface area contributed by atoms with Crippen LogP contribution in [0.1, 0.15) is 5.69 Å². The van der Waals surface area contributed by atoms with E-state index in [4.69, 9.17) is 29.1 Å². The number of hydrogen-bond acceptors (Lipinski definition) is 6. The summed E-state index contributed by atoms with van der Waals surface area (Å²) in [5.74, 6) is 0.299. The summed E-state index contributed by atoms with van der Waals surface area (Å²) in [6.45, 7) is 0. The molecule has 0 aliphatic heterocycles. The Bertz CT molecular complexity index is 860.